The molecular formula is C18H26N2O3. The van der Waals surface area contributed by atoms with Crippen molar-refractivity contribution >= 4 is 6.03 Å². The van der Waals surface area contributed by atoms with Gasteiger partial charge in [-0.15, -0.1) is 0 Å². The summed E-state index contributed by atoms with van der Waals surface area (Å²) >= 11 is 0. The fraction of sp³-hybridized carbons (Fsp3) is 0.611. The number of amides is 2. The zero-order chi connectivity index (χ0) is 16.4. The van der Waals surface area contributed by atoms with Crippen molar-refractivity contribution < 1.29 is 14.3 Å². The molecule has 1 aromatic rings. The topological polar surface area (TPSA) is 50.8 Å². The number of methoxy groups -OCH3 is 1. The predicted molar refractivity (Wildman–Crippen MR) is 88.8 cm³/mol. The molecule has 3 rings (SSSR count). The van der Waals surface area contributed by atoms with Gasteiger partial charge in [0.05, 0.1) is 31.9 Å². The summed E-state index contributed by atoms with van der Waals surface area (Å²) in [4.78, 5) is 14.5. The third-order valence-corrected chi connectivity index (χ3v) is 4.99. The molecule has 1 N–H and O–H groups in total. The third kappa shape index (κ3) is 3.29. The van der Waals surface area contributed by atoms with E-state index in [4.69, 9.17) is 9.47 Å². The van der Waals surface area contributed by atoms with Gasteiger partial charge in [0.1, 0.15) is 5.75 Å². The maximum absolute atomic E-state index is 12.6. The lowest BCUT2D eigenvalue weighted by molar-refractivity contribution is -0.141. The van der Waals surface area contributed by atoms with Gasteiger partial charge in [0, 0.05) is 12.1 Å². The molecule has 2 aliphatic rings. The minimum absolute atomic E-state index is 0.0179. The second-order valence-corrected chi connectivity index (χ2v) is 6.72. The molecule has 1 aromatic carbocycles. The highest BCUT2D eigenvalue weighted by atomic mass is 16.5. The minimum Gasteiger partial charge on any atom is -0.496 e. The van der Waals surface area contributed by atoms with Gasteiger partial charge in [-0.2, -0.15) is 0 Å². The maximum Gasteiger partial charge on any atom is 0.318 e. The Bertz CT molecular complexity index is 584. The summed E-state index contributed by atoms with van der Waals surface area (Å²) < 4.78 is 11.3. The molecule has 1 saturated heterocycles. The molecular weight excluding hydrogens is 292 g/mol. The van der Waals surface area contributed by atoms with Crippen molar-refractivity contribution in [1.82, 2.24) is 10.2 Å². The van der Waals surface area contributed by atoms with Crippen LogP contribution in [0.4, 0.5) is 4.79 Å². The van der Waals surface area contributed by atoms with Gasteiger partial charge in [-0.05, 0) is 39.2 Å². The summed E-state index contributed by atoms with van der Waals surface area (Å²) in [5.74, 6) is 0.806. The molecule has 126 valence electrons. The molecule has 5 heteroatoms. The Balaban J connectivity index is 1.66. The van der Waals surface area contributed by atoms with E-state index in [0.717, 1.165) is 29.7 Å². The lowest BCUT2D eigenvalue weighted by atomic mass is 9.79. The molecule has 1 atom stereocenters. The van der Waals surface area contributed by atoms with Crippen molar-refractivity contribution in [2.75, 3.05) is 26.8 Å². The Kier molecular flexibility index (Phi) is 4.48. The lowest BCUT2D eigenvalue weighted by Crippen LogP contribution is -2.58. The van der Waals surface area contributed by atoms with Gasteiger partial charge in [-0.1, -0.05) is 17.7 Å². The summed E-state index contributed by atoms with van der Waals surface area (Å²) in [6.07, 6.45) is 3.34. The van der Waals surface area contributed by atoms with E-state index in [2.05, 4.69) is 11.4 Å². The number of nitrogens with one attached hydrogen (secondary N) is 1. The number of carbonyl (C=O) groups excluding carboxylic acids is 1. The minimum atomic E-state index is -0.0995. The van der Waals surface area contributed by atoms with Crippen LogP contribution in [0.25, 0.3) is 0 Å². The van der Waals surface area contributed by atoms with E-state index in [1.165, 1.54) is 6.42 Å². The van der Waals surface area contributed by atoms with Crippen LogP contribution < -0.4 is 10.1 Å². The van der Waals surface area contributed by atoms with Gasteiger partial charge < -0.3 is 19.7 Å². The molecule has 1 spiro atoms. The SMILES string of the molecule is COc1ccc(C)cc1C(C)NC(=O)N1CCOC2(CCC2)C1. The summed E-state index contributed by atoms with van der Waals surface area (Å²) in [6, 6.07) is 5.91. The first-order chi connectivity index (χ1) is 11.0. The Labute approximate surface area is 137 Å². The first-order valence-corrected chi connectivity index (χ1v) is 8.37. The molecule has 5 nitrogen and oxygen atoms in total. The highest BCUT2D eigenvalue weighted by Gasteiger charge is 2.43. The Hall–Kier alpha value is -1.75. The average Bonchev–Trinajstić information content (AvgIpc) is 2.53. The summed E-state index contributed by atoms with van der Waals surface area (Å²) in [5.41, 5.74) is 2.09. The zero-order valence-electron chi connectivity index (χ0n) is 14.2. The van der Waals surface area contributed by atoms with Crippen LogP contribution in [-0.4, -0.2) is 43.3 Å². The van der Waals surface area contributed by atoms with Crippen molar-refractivity contribution in [2.45, 2.75) is 44.8 Å². The Morgan fingerprint density at radius 1 is 1.43 bits per heavy atom. The van der Waals surface area contributed by atoms with Gasteiger partial charge in [0.2, 0.25) is 0 Å². The number of hydrogen-bond acceptors (Lipinski definition) is 3. The summed E-state index contributed by atoms with van der Waals surface area (Å²) in [6.45, 7) is 6.03. The molecule has 0 bridgehead atoms. The quantitative estimate of drug-likeness (QED) is 0.932. The van der Waals surface area contributed by atoms with E-state index in [-0.39, 0.29) is 17.7 Å². The second-order valence-electron chi connectivity index (χ2n) is 6.72. The Morgan fingerprint density at radius 3 is 2.87 bits per heavy atom. The largest absolute Gasteiger partial charge is 0.496 e. The molecule has 0 radical (unpaired) electrons. The van der Waals surface area contributed by atoms with Crippen LogP contribution in [0.1, 0.15) is 43.4 Å². The van der Waals surface area contributed by atoms with Crippen LogP contribution >= 0.6 is 0 Å². The Morgan fingerprint density at radius 2 is 2.22 bits per heavy atom. The fourth-order valence-electron chi connectivity index (χ4n) is 3.44. The highest BCUT2D eigenvalue weighted by molar-refractivity contribution is 5.75. The number of rotatable bonds is 3. The van der Waals surface area contributed by atoms with Gasteiger partial charge in [0.15, 0.2) is 0 Å². The molecule has 1 aliphatic heterocycles. The smallest absolute Gasteiger partial charge is 0.318 e. The van der Waals surface area contributed by atoms with Gasteiger partial charge in [-0.25, -0.2) is 4.79 Å². The van der Waals surface area contributed by atoms with E-state index in [0.29, 0.717) is 19.7 Å². The van der Waals surface area contributed by atoms with Crippen LogP contribution in [-0.2, 0) is 4.74 Å². The van der Waals surface area contributed by atoms with E-state index < -0.39 is 0 Å². The molecule has 2 fully saturated rings. The lowest BCUT2D eigenvalue weighted by Gasteiger charge is -2.48. The number of hydrogen-bond donors (Lipinski definition) is 1. The molecule has 1 saturated carbocycles. The summed E-state index contributed by atoms with van der Waals surface area (Å²) in [7, 11) is 1.66. The molecule has 2 amide bonds. The fourth-order valence-corrected chi connectivity index (χ4v) is 3.44. The van der Waals surface area contributed by atoms with Crippen LogP contribution in [0, 0.1) is 6.92 Å². The van der Waals surface area contributed by atoms with Crippen molar-refractivity contribution in [3.63, 3.8) is 0 Å². The first kappa shape index (κ1) is 16.1. The van der Waals surface area contributed by atoms with E-state index in [9.17, 15) is 4.79 Å². The predicted octanol–water partition coefficient (Wildman–Crippen LogP) is 3.03. The van der Waals surface area contributed by atoms with Gasteiger partial charge in [0.25, 0.3) is 0 Å². The molecule has 23 heavy (non-hydrogen) atoms. The molecule has 1 unspecified atom stereocenters. The number of carbonyl (C=O) groups is 1. The standard InChI is InChI=1S/C18H26N2O3/c1-13-5-6-16(22-3)15(11-13)14(2)19-17(21)20-9-10-23-18(12-20)7-4-8-18/h5-6,11,14H,4,7-10,12H2,1-3H3,(H,19,21). The summed E-state index contributed by atoms with van der Waals surface area (Å²) in [5, 5.41) is 3.11. The molecule has 1 aliphatic carbocycles. The van der Waals surface area contributed by atoms with Crippen molar-refractivity contribution in [2.24, 2.45) is 0 Å². The number of urea groups is 1. The van der Waals surface area contributed by atoms with Crippen molar-refractivity contribution in [1.29, 1.82) is 0 Å². The first-order valence-electron chi connectivity index (χ1n) is 8.37. The average molecular weight is 318 g/mol. The second kappa shape index (κ2) is 6.40. The molecule has 1 heterocycles. The third-order valence-electron chi connectivity index (χ3n) is 4.99. The van der Waals surface area contributed by atoms with E-state index in [1.807, 2.05) is 30.9 Å². The number of morpholine rings is 1. The van der Waals surface area contributed by atoms with E-state index in [1.54, 1.807) is 7.11 Å². The normalized spacial score (nSPS) is 20.7. The van der Waals surface area contributed by atoms with Crippen molar-refractivity contribution in [3.05, 3.63) is 29.3 Å². The highest BCUT2D eigenvalue weighted by Crippen LogP contribution is 2.38. The molecule has 0 aromatic heterocycles. The van der Waals surface area contributed by atoms with Crippen LogP contribution in [0.5, 0.6) is 5.75 Å². The zero-order valence-corrected chi connectivity index (χ0v) is 14.2. The number of nitrogens with zero attached hydrogens (tertiary/aromatic N) is 1. The number of benzene rings is 1. The van der Waals surface area contributed by atoms with Crippen LogP contribution in [0.2, 0.25) is 0 Å². The van der Waals surface area contributed by atoms with E-state index >= 15 is 0 Å². The van der Waals surface area contributed by atoms with Crippen molar-refractivity contribution in [3.8, 4) is 5.75 Å². The number of ether oxygens (including phenoxy) is 2. The van der Waals surface area contributed by atoms with Gasteiger partial charge in [-0.3, -0.25) is 0 Å². The van der Waals surface area contributed by atoms with Crippen LogP contribution in [0.3, 0.4) is 0 Å². The van der Waals surface area contributed by atoms with Gasteiger partial charge >= 0.3 is 6.03 Å². The maximum atomic E-state index is 12.6. The monoisotopic (exact) mass is 318 g/mol. The van der Waals surface area contributed by atoms with Crippen LogP contribution in [0.15, 0.2) is 18.2 Å². The number of aryl methyl sites for hydroxylation is 1.